The van der Waals surface area contributed by atoms with Gasteiger partial charge in [-0.05, 0) is 38.2 Å². The zero-order valence-electron chi connectivity index (χ0n) is 22.3. The number of piperazine rings is 1. The molecule has 2 saturated heterocycles. The van der Waals surface area contributed by atoms with E-state index >= 15 is 0 Å². The average molecular weight is 525 g/mol. The molecule has 11 nitrogen and oxygen atoms in total. The van der Waals surface area contributed by atoms with Gasteiger partial charge in [0.15, 0.2) is 5.82 Å². The van der Waals surface area contributed by atoms with E-state index in [1.807, 2.05) is 19.1 Å². The maximum Gasteiger partial charge on any atom is 0.409 e. The van der Waals surface area contributed by atoms with E-state index in [2.05, 4.69) is 38.9 Å². The van der Waals surface area contributed by atoms with Crippen LogP contribution < -0.4 is 9.80 Å². The zero-order valence-corrected chi connectivity index (χ0v) is 22.3. The highest BCUT2D eigenvalue weighted by Gasteiger charge is 2.38. The van der Waals surface area contributed by atoms with Gasteiger partial charge in [-0.25, -0.2) is 14.8 Å². The van der Waals surface area contributed by atoms with Crippen LogP contribution in [0.4, 0.5) is 16.3 Å². The minimum absolute atomic E-state index is 0.0417. The van der Waals surface area contributed by atoms with E-state index in [4.69, 9.17) is 19.2 Å². The summed E-state index contributed by atoms with van der Waals surface area (Å²) in [5.74, 6) is 0.682. The summed E-state index contributed by atoms with van der Waals surface area (Å²) in [6.07, 6.45) is 1.55. The van der Waals surface area contributed by atoms with Crippen LogP contribution in [0.25, 0.3) is 11.4 Å². The number of fused-ring (bicyclic) bond motifs is 1. The van der Waals surface area contributed by atoms with Crippen molar-refractivity contribution >= 4 is 23.6 Å². The van der Waals surface area contributed by atoms with Crippen molar-refractivity contribution in [1.29, 1.82) is 0 Å². The molecule has 1 aromatic heterocycles. The van der Waals surface area contributed by atoms with E-state index < -0.39 is 5.92 Å². The summed E-state index contributed by atoms with van der Waals surface area (Å²) in [7, 11) is 3.51. The van der Waals surface area contributed by atoms with Crippen LogP contribution in [0.1, 0.15) is 18.4 Å². The number of aromatic nitrogens is 2. The van der Waals surface area contributed by atoms with Crippen LogP contribution >= 0.6 is 0 Å². The van der Waals surface area contributed by atoms with E-state index in [0.29, 0.717) is 45.2 Å². The van der Waals surface area contributed by atoms with Crippen LogP contribution in [0.5, 0.6) is 0 Å². The van der Waals surface area contributed by atoms with Gasteiger partial charge >= 0.3 is 12.1 Å². The highest BCUT2D eigenvalue weighted by atomic mass is 16.6. The lowest BCUT2D eigenvalue weighted by molar-refractivity contribution is -0.142. The average Bonchev–Trinajstić information content (AvgIpc) is 3.30. The fourth-order valence-corrected chi connectivity index (χ4v) is 5.34. The molecule has 3 aliphatic rings. The van der Waals surface area contributed by atoms with E-state index in [9.17, 15) is 9.59 Å². The standard InChI is InChI=1S/C27H36N6O5/c1-4-37-27(35)32-11-9-31(10-12-32)20-7-5-19(6-8-20)24-28-15-22-23(26(34)36-3)18-33(25(22)29-24)17-21-16-30(2)13-14-38-21/h5-8,15,21,23H,4,9-14,16-18H2,1-3H3/t21-,23?/m1/s1. The topological polar surface area (TPSA) is 101 Å². The number of nitrogens with zero attached hydrogens (tertiary/aromatic N) is 6. The summed E-state index contributed by atoms with van der Waals surface area (Å²) < 4.78 is 16.2. The van der Waals surface area contributed by atoms with Crippen LogP contribution in [0.3, 0.4) is 0 Å². The number of amides is 1. The third-order valence-electron chi connectivity index (χ3n) is 7.42. The molecule has 2 aromatic rings. The monoisotopic (exact) mass is 524 g/mol. The van der Waals surface area contributed by atoms with Crippen molar-refractivity contribution in [2.45, 2.75) is 18.9 Å². The van der Waals surface area contributed by atoms with Gasteiger partial charge in [-0.1, -0.05) is 0 Å². The Hall–Kier alpha value is -3.44. The highest BCUT2D eigenvalue weighted by Crippen LogP contribution is 2.37. The normalized spacial score (nSPS) is 21.8. The molecular weight excluding hydrogens is 488 g/mol. The summed E-state index contributed by atoms with van der Waals surface area (Å²) in [4.78, 5) is 42.4. The number of ether oxygens (including phenoxy) is 3. The molecule has 4 heterocycles. The van der Waals surface area contributed by atoms with Crippen molar-refractivity contribution in [1.82, 2.24) is 19.8 Å². The number of hydrogen-bond acceptors (Lipinski definition) is 10. The third-order valence-corrected chi connectivity index (χ3v) is 7.42. The molecule has 2 atom stereocenters. The molecule has 1 aromatic carbocycles. The van der Waals surface area contributed by atoms with Gasteiger partial charge < -0.3 is 33.8 Å². The maximum atomic E-state index is 12.5. The van der Waals surface area contributed by atoms with Crippen LogP contribution in [-0.2, 0) is 19.0 Å². The first-order valence-electron chi connectivity index (χ1n) is 13.2. The van der Waals surface area contributed by atoms with Crippen molar-refractivity contribution in [3.8, 4) is 11.4 Å². The molecule has 0 saturated carbocycles. The second kappa shape index (κ2) is 11.5. The lowest BCUT2D eigenvalue weighted by Crippen LogP contribution is -2.49. The Kier molecular flexibility index (Phi) is 7.94. The number of morpholine rings is 1. The largest absolute Gasteiger partial charge is 0.468 e. The molecule has 204 valence electrons. The minimum atomic E-state index is -0.416. The molecule has 0 N–H and O–H groups in total. The van der Waals surface area contributed by atoms with Crippen LogP contribution in [0.2, 0.25) is 0 Å². The Bertz CT molecular complexity index is 1140. The molecule has 11 heteroatoms. The Morgan fingerprint density at radius 3 is 2.53 bits per heavy atom. The van der Waals surface area contributed by atoms with Gasteiger partial charge in [-0.15, -0.1) is 0 Å². The smallest absolute Gasteiger partial charge is 0.409 e. The van der Waals surface area contributed by atoms with Gasteiger partial charge in [0.1, 0.15) is 11.7 Å². The molecule has 1 amide bonds. The molecule has 3 aliphatic heterocycles. The number of rotatable bonds is 6. The molecule has 5 rings (SSSR count). The summed E-state index contributed by atoms with van der Waals surface area (Å²) in [6, 6.07) is 8.16. The molecule has 2 fully saturated rings. The lowest BCUT2D eigenvalue weighted by Gasteiger charge is -2.35. The van der Waals surface area contributed by atoms with Crippen molar-refractivity contribution in [3.63, 3.8) is 0 Å². The Labute approximate surface area is 223 Å². The Balaban J connectivity index is 1.31. The summed E-state index contributed by atoms with van der Waals surface area (Å²) in [5.41, 5.74) is 2.78. The Morgan fingerprint density at radius 1 is 1.08 bits per heavy atom. The lowest BCUT2D eigenvalue weighted by atomic mass is 10.1. The number of benzene rings is 1. The molecule has 0 radical (unpaired) electrons. The third kappa shape index (κ3) is 5.53. The number of hydrogen-bond donors (Lipinski definition) is 0. The first-order valence-corrected chi connectivity index (χ1v) is 13.2. The number of methoxy groups -OCH3 is 1. The fourth-order valence-electron chi connectivity index (χ4n) is 5.34. The van der Waals surface area contributed by atoms with Crippen LogP contribution in [-0.4, -0.2) is 118 Å². The van der Waals surface area contributed by atoms with Crippen molar-refractivity contribution in [3.05, 3.63) is 36.0 Å². The van der Waals surface area contributed by atoms with Crippen molar-refractivity contribution in [2.75, 3.05) is 89.5 Å². The van der Waals surface area contributed by atoms with E-state index in [-0.39, 0.29) is 18.2 Å². The number of esters is 1. The van der Waals surface area contributed by atoms with Crippen LogP contribution in [0.15, 0.2) is 30.5 Å². The van der Waals surface area contributed by atoms with Gasteiger partial charge in [0.2, 0.25) is 0 Å². The second-order valence-electron chi connectivity index (χ2n) is 9.93. The maximum absolute atomic E-state index is 12.5. The molecule has 0 aliphatic carbocycles. The highest BCUT2D eigenvalue weighted by molar-refractivity contribution is 5.83. The van der Waals surface area contributed by atoms with Crippen LogP contribution in [0, 0.1) is 0 Å². The van der Waals surface area contributed by atoms with Gasteiger partial charge in [0, 0.05) is 75.4 Å². The first-order chi connectivity index (χ1) is 18.5. The first kappa shape index (κ1) is 26.2. The number of carbonyl (C=O) groups excluding carboxylic acids is 2. The number of likely N-dealkylation sites (N-methyl/N-ethyl adjacent to an activating group) is 1. The summed E-state index contributed by atoms with van der Waals surface area (Å²) in [6.45, 7) is 8.56. The quantitative estimate of drug-likeness (QED) is 0.520. The predicted molar refractivity (Wildman–Crippen MR) is 142 cm³/mol. The second-order valence-corrected chi connectivity index (χ2v) is 9.93. The molecule has 0 spiro atoms. The van der Waals surface area contributed by atoms with E-state index in [0.717, 1.165) is 48.8 Å². The number of carbonyl (C=O) groups is 2. The van der Waals surface area contributed by atoms with Crippen molar-refractivity contribution in [2.24, 2.45) is 0 Å². The molecule has 38 heavy (non-hydrogen) atoms. The van der Waals surface area contributed by atoms with E-state index in [1.54, 1.807) is 11.1 Å². The Morgan fingerprint density at radius 2 is 1.84 bits per heavy atom. The van der Waals surface area contributed by atoms with Crippen molar-refractivity contribution < 1.29 is 23.8 Å². The zero-order chi connectivity index (χ0) is 26.6. The fraction of sp³-hybridized carbons (Fsp3) is 0.556. The SMILES string of the molecule is CCOC(=O)N1CCN(c2ccc(-c3ncc4c(n3)N(C[C@H]3CN(C)CCO3)CC4C(=O)OC)cc2)CC1. The van der Waals surface area contributed by atoms with Gasteiger partial charge in [-0.3, -0.25) is 4.79 Å². The summed E-state index contributed by atoms with van der Waals surface area (Å²) >= 11 is 0. The molecular formula is C27H36N6O5. The van der Waals surface area contributed by atoms with Gasteiger partial charge in [-0.2, -0.15) is 0 Å². The van der Waals surface area contributed by atoms with Gasteiger partial charge in [0.05, 0.1) is 26.4 Å². The van der Waals surface area contributed by atoms with Gasteiger partial charge in [0.25, 0.3) is 0 Å². The summed E-state index contributed by atoms with van der Waals surface area (Å²) in [5, 5.41) is 0. The number of anilines is 2. The molecule has 1 unspecified atom stereocenters. The van der Waals surface area contributed by atoms with E-state index in [1.165, 1.54) is 7.11 Å². The minimum Gasteiger partial charge on any atom is -0.468 e. The molecule has 0 bridgehead atoms. The predicted octanol–water partition coefficient (Wildman–Crippen LogP) is 1.83.